The molecule has 0 spiro atoms. The lowest BCUT2D eigenvalue weighted by atomic mass is 10.0. The van der Waals surface area contributed by atoms with Crippen molar-refractivity contribution in [2.45, 2.75) is 43.4 Å². The third-order valence-corrected chi connectivity index (χ3v) is 4.82. The number of rotatable bonds is 1. The van der Waals surface area contributed by atoms with E-state index in [1.807, 2.05) is 0 Å². The molecule has 4 fully saturated rings. The van der Waals surface area contributed by atoms with Crippen LogP contribution in [0.15, 0.2) is 0 Å². The first-order valence-corrected chi connectivity index (χ1v) is 6.12. The fourth-order valence-electron chi connectivity index (χ4n) is 4.19. The molecule has 0 radical (unpaired) electrons. The van der Waals surface area contributed by atoms with Crippen molar-refractivity contribution in [3.05, 3.63) is 0 Å². The Hall–Kier alpha value is -0.120. The summed E-state index contributed by atoms with van der Waals surface area (Å²) < 4.78 is 0. The first-order valence-electron chi connectivity index (χ1n) is 6.12. The van der Waals surface area contributed by atoms with Gasteiger partial charge in [-0.2, -0.15) is 0 Å². The van der Waals surface area contributed by atoms with E-state index in [0.29, 0.717) is 0 Å². The Kier molecular flexibility index (Phi) is 1.57. The second-order valence-electron chi connectivity index (χ2n) is 5.61. The predicted molar refractivity (Wildman–Crippen MR) is 55.2 cm³/mol. The lowest BCUT2D eigenvalue weighted by Gasteiger charge is -2.37. The monoisotopic (exact) mass is 193 g/mol. The van der Waals surface area contributed by atoms with Crippen molar-refractivity contribution < 1.29 is 0 Å². The lowest BCUT2D eigenvalue weighted by Crippen LogP contribution is -2.54. The molecule has 3 heteroatoms. The zero-order valence-electron chi connectivity index (χ0n) is 8.58. The van der Waals surface area contributed by atoms with E-state index in [-0.39, 0.29) is 0 Å². The summed E-state index contributed by atoms with van der Waals surface area (Å²) in [4.78, 5) is 2.80. The summed E-state index contributed by atoms with van der Waals surface area (Å²) in [6.07, 6.45) is 4.33. The standard InChI is InChI=1S/C11H19N3/c1-7-2-11(10(1)13-4-7)14-6-8-3-9(14)5-12-8/h7-13H,1-6H2. The summed E-state index contributed by atoms with van der Waals surface area (Å²) in [5.74, 6) is 0.997. The highest BCUT2D eigenvalue weighted by molar-refractivity contribution is 5.07. The van der Waals surface area contributed by atoms with E-state index >= 15 is 0 Å². The van der Waals surface area contributed by atoms with Gasteiger partial charge >= 0.3 is 0 Å². The molecule has 78 valence electrons. The van der Waals surface area contributed by atoms with E-state index in [0.717, 1.165) is 30.1 Å². The molecule has 5 unspecified atom stereocenters. The van der Waals surface area contributed by atoms with Gasteiger partial charge in [0.05, 0.1) is 0 Å². The Morgan fingerprint density at radius 1 is 1.00 bits per heavy atom. The zero-order chi connectivity index (χ0) is 9.12. The van der Waals surface area contributed by atoms with Crippen LogP contribution in [0.5, 0.6) is 0 Å². The Balaban J connectivity index is 1.54. The van der Waals surface area contributed by atoms with Crippen molar-refractivity contribution in [3.63, 3.8) is 0 Å². The minimum atomic E-state index is 0.819. The Morgan fingerprint density at radius 3 is 2.57 bits per heavy atom. The SMILES string of the molecule is C1NC2CC1CC2N1CC2CC1CN2. The maximum atomic E-state index is 3.68. The Bertz CT molecular complexity index is 229. The summed E-state index contributed by atoms with van der Waals surface area (Å²) >= 11 is 0. The number of nitrogens with one attached hydrogen (secondary N) is 2. The van der Waals surface area contributed by atoms with Crippen LogP contribution >= 0.6 is 0 Å². The van der Waals surface area contributed by atoms with Crippen LogP contribution in [-0.2, 0) is 0 Å². The minimum absolute atomic E-state index is 0.819. The highest BCUT2D eigenvalue weighted by Gasteiger charge is 2.48. The maximum Gasteiger partial charge on any atom is 0.0256 e. The highest BCUT2D eigenvalue weighted by Crippen LogP contribution is 2.38. The van der Waals surface area contributed by atoms with E-state index < -0.39 is 0 Å². The molecular formula is C11H19N3. The predicted octanol–water partition coefficient (Wildman–Crippen LogP) is -0.217. The molecule has 5 atom stereocenters. The van der Waals surface area contributed by atoms with Gasteiger partial charge in [0.25, 0.3) is 0 Å². The van der Waals surface area contributed by atoms with Gasteiger partial charge in [0.2, 0.25) is 0 Å². The van der Waals surface area contributed by atoms with Crippen molar-refractivity contribution in [1.82, 2.24) is 15.5 Å². The maximum absolute atomic E-state index is 3.68. The second-order valence-corrected chi connectivity index (χ2v) is 5.61. The molecule has 0 aromatic heterocycles. The van der Waals surface area contributed by atoms with Crippen LogP contribution < -0.4 is 10.6 Å². The van der Waals surface area contributed by atoms with Crippen molar-refractivity contribution in [3.8, 4) is 0 Å². The molecule has 3 nitrogen and oxygen atoms in total. The van der Waals surface area contributed by atoms with Gasteiger partial charge in [0.15, 0.2) is 0 Å². The van der Waals surface area contributed by atoms with Crippen LogP contribution in [-0.4, -0.2) is 48.7 Å². The van der Waals surface area contributed by atoms with Crippen molar-refractivity contribution in [2.24, 2.45) is 5.92 Å². The zero-order valence-corrected chi connectivity index (χ0v) is 8.58. The fourth-order valence-corrected chi connectivity index (χ4v) is 4.19. The van der Waals surface area contributed by atoms with Gasteiger partial charge < -0.3 is 10.6 Å². The van der Waals surface area contributed by atoms with E-state index in [2.05, 4.69) is 15.5 Å². The number of piperazine rings is 1. The summed E-state index contributed by atoms with van der Waals surface area (Å²) in [6, 6.07) is 3.40. The fraction of sp³-hybridized carbons (Fsp3) is 1.00. The van der Waals surface area contributed by atoms with E-state index in [1.54, 1.807) is 0 Å². The van der Waals surface area contributed by atoms with Crippen LogP contribution in [0.25, 0.3) is 0 Å². The molecule has 3 saturated heterocycles. The van der Waals surface area contributed by atoms with Gasteiger partial charge in [-0.05, 0) is 31.7 Å². The molecule has 1 aliphatic carbocycles. The number of piperidine rings is 1. The average Bonchev–Trinajstić information content (AvgIpc) is 2.96. The van der Waals surface area contributed by atoms with E-state index in [9.17, 15) is 0 Å². The molecule has 2 N–H and O–H groups in total. The number of nitrogens with zero attached hydrogens (tertiary/aromatic N) is 1. The first-order chi connectivity index (χ1) is 6.90. The first kappa shape index (κ1) is 8.08. The summed E-state index contributed by atoms with van der Waals surface area (Å²) in [5, 5.41) is 7.27. The van der Waals surface area contributed by atoms with Crippen LogP contribution in [0, 0.1) is 5.92 Å². The smallest absolute Gasteiger partial charge is 0.0256 e. The molecule has 0 aromatic rings. The van der Waals surface area contributed by atoms with Crippen LogP contribution in [0.3, 0.4) is 0 Å². The van der Waals surface area contributed by atoms with E-state index in [1.165, 1.54) is 38.9 Å². The lowest BCUT2D eigenvalue weighted by molar-refractivity contribution is 0.129. The van der Waals surface area contributed by atoms with Gasteiger partial charge in [-0.25, -0.2) is 0 Å². The Labute approximate surface area is 85.2 Å². The summed E-state index contributed by atoms with van der Waals surface area (Å²) in [6.45, 7) is 3.86. The van der Waals surface area contributed by atoms with Crippen molar-refractivity contribution in [2.75, 3.05) is 19.6 Å². The van der Waals surface area contributed by atoms with Gasteiger partial charge in [0.1, 0.15) is 0 Å². The number of likely N-dealkylation sites (tertiary alicyclic amines) is 1. The van der Waals surface area contributed by atoms with Crippen molar-refractivity contribution >= 4 is 0 Å². The number of fused-ring (bicyclic) bond motifs is 4. The summed E-state index contributed by atoms with van der Waals surface area (Å²) in [5.41, 5.74) is 0. The molecule has 4 rings (SSSR count). The largest absolute Gasteiger partial charge is 0.312 e. The third kappa shape index (κ3) is 0.980. The normalized spacial score (nSPS) is 56.1. The third-order valence-electron chi connectivity index (χ3n) is 4.82. The second kappa shape index (κ2) is 2.71. The van der Waals surface area contributed by atoms with Crippen molar-refractivity contribution in [1.29, 1.82) is 0 Å². The van der Waals surface area contributed by atoms with E-state index in [4.69, 9.17) is 0 Å². The molecule has 1 saturated carbocycles. The Morgan fingerprint density at radius 2 is 2.00 bits per heavy atom. The van der Waals surface area contributed by atoms with Gasteiger partial charge in [-0.3, -0.25) is 4.90 Å². The van der Waals surface area contributed by atoms with Gasteiger partial charge in [-0.15, -0.1) is 0 Å². The molecular weight excluding hydrogens is 174 g/mol. The van der Waals surface area contributed by atoms with Gasteiger partial charge in [-0.1, -0.05) is 0 Å². The quantitative estimate of drug-likeness (QED) is 0.603. The number of hydrogen-bond donors (Lipinski definition) is 2. The molecule has 3 aliphatic heterocycles. The molecule has 4 aliphatic rings. The molecule has 0 aromatic carbocycles. The minimum Gasteiger partial charge on any atom is -0.312 e. The molecule has 14 heavy (non-hydrogen) atoms. The van der Waals surface area contributed by atoms with Crippen LogP contribution in [0.4, 0.5) is 0 Å². The summed E-state index contributed by atoms with van der Waals surface area (Å²) in [7, 11) is 0. The average molecular weight is 193 g/mol. The van der Waals surface area contributed by atoms with Gasteiger partial charge in [0, 0.05) is 37.3 Å². The molecule has 4 bridgehead atoms. The highest BCUT2D eigenvalue weighted by atomic mass is 15.3. The molecule has 3 heterocycles. The van der Waals surface area contributed by atoms with Crippen LogP contribution in [0.1, 0.15) is 19.3 Å². The number of hydrogen-bond acceptors (Lipinski definition) is 3. The van der Waals surface area contributed by atoms with Crippen LogP contribution in [0.2, 0.25) is 0 Å². The topological polar surface area (TPSA) is 27.3 Å². The molecule has 0 amide bonds.